The molecular weight excluding hydrogens is 278 g/mol. The number of carbonyl (C=O) groups excluding carboxylic acids is 2. The number of aryl methyl sites for hydroxylation is 1. The molecule has 1 heterocycles. The number of rotatable bonds is 3. The highest BCUT2D eigenvalue weighted by Crippen LogP contribution is 2.21. The van der Waals surface area contributed by atoms with Crippen LogP contribution in [0.4, 0.5) is 11.4 Å². The molecule has 2 amide bonds. The average molecular weight is 298 g/mol. The number of halogens is 1. The Labute approximate surface area is 124 Å². The van der Waals surface area contributed by atoms with E-state index in [2.05, 4.69) is 16.0 Å². The normalized spacial score (nSPS) is 17.2. The smallest absolute Gasteiger partial charge is 0.241 e. The molecule has 1 aliphatic rings. The van der Waals surface area contributed by atoms with Gasteiger partial charge in [0.1, 0.15) is 0 Å². The number of hydrogen-bond donors (Lipinski definition) is 3. The topological polar surface area (TPSA) is 70.2 Å². The molecule has 1 aromatic rings. The number of nitrogens with one attached hydrogen (secondary N) is 3. The van der Waals surface area contributed by atoms with Gasteiger partial charge in [0.15, 0.2) is 0 Å². The van der Waals surface area contributed by atoms with E-state index < -0.39 is 0 Å². The highest BCUT2D eigenvalue weighted by atomic mass is 35.5. The summed E-state index contributed by atoms with van der Waals surface area (Å²) in [6.45, 7) is 4.28. The van der Waals surface area contributed by atoms with Crippen LogP contribution < -0.4 is 16.0 Å². The number of carbonyl (C=O) groups is 2. The maximum atomic E-state index is 12.0. The largest absolute Gasteiger partial charge is 0.326 e. The Hall–Kier alpha value is -1.59. The Morgan fingerprint density at radius 2 is 2.05 bits per heavy atom. The van der Waals surface area contributed by atoms with E-state index in [1.807, 2.05) is 19.1 Å². The van der Waals surface area contributed by atoms with Crippen LogP contribution in [0.25, 0.3) is 0 Å². The Bertz CT molecular complexity index is 499. The van der Waals surface area contributed by atoms with Crippen LogP contribution in [0.5, 0.6) is 0 Å². The van der Waals surface area contributed by atoms with E-state index in [0.29, 0.717) is 5.69 Å². The third-order valence-corrected chi connectivity index (χ3v) is 3.19. The first-order valence-electron chi connectivity index (χ1n) is 6.49. The summed E-state index contributed by atoms with van der Waals surface area (Å²) in [7, 11) is 0. The summed E-state index contributed by atoms with van der Waals surface area (Å²) in [4.78, 5) is 23.1. The van der Waals surface area contributed by atoms with E-state index in [0.717, 1.165) is 30.6 Å². The number of anilines is 2. The average Bonchev–Trinajstić information content (AvgIpc) is 2.86. The van der Waals surface area contributed by atoms with Gasteiger partial charge < -0.3 is 16.0 Å². The van der Waals surface area contributed by atoms with Gasteiger partial charge in [0, 0.05) is 18.3 Å². The highest BCUT2D eigenvalue weighted by Gasteiger charge is 2.22. The lowest BCUT2D eigenvalue weighted by atomic mass is 10.1. The molecule has 3 N–H and O–H groups in total. The number of amides is 2. The Morgan fingerprint density at radius 1 is 1.30 bits per heavy atom. The van der Waals surface area contributed by atoms with Gasteiger partial charge in [0.25, 0.3) is 0 Å². The van der Waals surface area contributed by atoms with E-state index in [1.165, 1.54) is 6.92 Å². The van der Waals surface area contributed by atoms with Crippen LogP contribution in [0.1, 0.15) is 25.3 Å². The van der Waals surface area contributed by atoms with E-state index >= 15 is 0 Å². The molecule has 20 heavy (non-hydrogen) atoms. The summed E-state index contributed by atoms with van der Waals surface area (Å²) in [6.07, 6.45) is 1.90. The first-order valence-corrected chi connectivity index (χ1v) is 6.49. The molecule has 6 heteroatoms. The van der Waals surface area contributed by atoms with Crippen LogP contribution in [0.2, 0.25) is 0 Å². The quantitative estimate of drug-likeness (QED) is 0.800. The fourth-order valence-electron chi connectivity index (χ4n) is 2.17. The standard InChI is InChI=1S/C14H19N3O2.ClH/c1-9-5-6-11(16-10(2)18)8-13(9)17-14(19)12-4-3-7-15-12;/h5-6,8,12,15H,3-4,7H2,1-2H3,(H,16,18)(H,17,19);1H/t12-;/m0./s1. The van der Waals surface area contributed by atoms with Gasteiger partial charge in [-0.2, -0.15) is 0 Å². The predicted molar refractivity (Wildman–Crippen MR) is 82.4 cm³/mol. The van der Waals surface area contributed by atoms with E-state index in [1.54, 1.807) is 6.07 Å². The SMILES string of the molecule is CC(=O)Nc1ccc(C)c(NC(=O)[C@@H]2CCCN2)c1.Cl. The molecule has 1 fully saturated rings. The van der Waals surface area contributed by atoms with Crippen molar-refractivity contribution in [1.82, 2.24) is 5.32 Å². The van der Waals surface area contributed by atoms with Gasteiger partial charge in [-0.25, -0.2) is 0 Å². The van der Waals surface area contributed by atoms with Crippen molar-refractivity contribution in [3.63, 3.8) is 0 Å². The third kappa shape index (κ3) is 4.21. The van der Waals surface area contributed by atoms with Crippen molar-refractivity contribution in [2.24, 2.45) is 0 Å². The van der Waals surface area contributed by atoms with Gasteiger partial charge in [0.2, 0.25) is 11.8 Å². The molecular formula is C14H20ClN3O2. The zero-order chi connectivity index (χ0) is 13.8. The van der Waals surface area contributed by atoms with Gasteiger partial charge in [-0.3, -0.25) is 9.59 Å². The molecule has 110 valence electrons. The van der Waals surface area contributed by atoms with E-state index in [-0.39, 0.29) is 30.3 Å². The Kier molecular flexibility index (Phi) is 5.98. The number of benzene rings is 1. The summed E-state index contributed by atoms with van der Waals surface area (Å²) in [5.41, 5.74) is 2.40. The molecule has 0 aliphatic carbocycles. The van der Waals surface area contributed by atoms with Crippen LogP contribution in [-0.4, -0.2) is 24.4 Å². The highest BCUT2D eigenvalue weighted by molar-refractivity contribution is 5.97. The van der Waals surface area contributed by atoms with Crippen LogP contribution in [-0.2, 0) is 9.59 Å². The minimum atomic E-state index is -0.126. The summed E-state index contributed by atoms with van der Waals surface area (Å²) in [5.74, 6) is -0.140. The van der Waals surface area contributed by atoms with Crippen molar-refractivity contribution in [3.8, 4) is 0 Å². The molecule has 1 saturated heterocycles. The third-order valence-electron chi connectivity index (χ3n) is 3.19. The van der Waals surface area contributed by atoms with Gasteiger partial charge >= 0.3 is 0 Å². The summed E-state index contributed by atoms with van der Waals surface area (Å²) in [5, 5.41) is 8.78. The zero-order valence-electron chi connectivity index (χ0n) is 11.7. The van der Waals surface area contributed by atoms with Crippen LogP contribution in [0, 0.1) is 6.92 Å². The fraction of sp³-hybridized carbons (Fsp3) is 0.429. The van der Waals surface area contributed by atoms with Crippen LogP contribution in [0.3, 0.4) is 0 Å². The lowest BCUT2D eigenvalue weighted by molar-refractivity contribution is -0.117. The van der Waals surface area contributed by atoms with Crippen LogP contribution in [0.15, 0.2) is 18.2 Å². The van der Waals surface area contributed by atoms with Crippen LogP contribution >= 0.6 is 12.4 Å². The second-order valence-corrected chi connectivity index (χ2v) is 4.85. The molecule has 2 rings (SSSR count). The molecule has 5 nitrogen and oxygen atoms in total. The number of hydrogen-bond acceptors (Lipinski definition) is 3. The molecule has 0 radical (unpaired) electrons. The second-order valence-electron chi connectivity index (χ2n) is 4.85. The minimum Gasteiger partial charge on any atom is -0.326 e. The minimum absolute atomic E-state index is 0. The predicted octanol–water partition coefficient (Wildman–Crippen LogP) is 2.07. The maximum absolute atomic E-state index is 12.0. The maximum Gasteiger partial charge on any atom is 0.241 e. The molecule has 1 aliphatic heterocycles. The second kappa shape index (κ2) is 7.26. The van der Waals surface area contributed by atoms with Gasteiger partial charge in [0.05, 0.1) is 6.04 Å². The molecule has 0 unspecified atom stereocenters. The first-order chi connectivity index (χ1) is 9.06. The molecule has 0 spiro atoms. The lowest BCUT2D eigenvalue weighted by Crippen LogP contribution is -2.35. The summed E-state index contributed by atoms with van der Waals surface area (Å²) >= 11 is 0. The van der Waals surface area contributed by atoms with Gasteiger partial charge in [-0.1, -0.05) is 6.07 Å². The zero-order valence-corrected chi connectivity index (χ0v) is 12.5. The van der Waals surface area contributed by atoms with Gasteiger partial charge in [-0.05, 0) is 44.0 Å². The first kappa shape index (κ1) is 16.5. The molecule has 1 atom stereocenters. The lowest BCUT2D eigenvalue weighted by Gasteiger charge is -2.14. The molecule has 1 aromatic carbocycles. The van der Waals surface area contributed by atoms with Crippen molar-refractivity contribution < 1.29 is 9.59 Å². The summed E-state index contributed by atoms with van der Waals surface area (Å²) in [6, 6.07) is 5.37. The Morgan fingerprint density at radius 3 is 2.65 bits per heavy atom. The molecule has 0 saturated carbocycles. The van der Waals surface area contributed by atoms with Crippen molar-refractivity contribution in [1.29, 1.82) is 0 Å². The fourth-order valence-corrected chi connectivity index (χ4v) is 2.17. The van der Waals surface area contributed by atoms with Crippen molar-refractivity contribution in [2.45, 2.75) is 32.7 Å². The van der Waals surface area contributed by atoms with Crippen molar-refractivity contribution in [2.75, 3.05) is 17.2 Å². The monoisotopic (exact) mass is 297 g/mol. The van der Waals surface area contributed by atoms with E-state index in [4.69, 9.17) is 0 Å². The molecule has 0 aromatic heterocycles. The molecule has 0 bridgehead atoms. The van der Waals surface area contributed by atoms with Gasteiger partial charge in [-0.15, -0.1) is 12.4 Å². The summed E-state index contributed by atoms with van der Waals surface area (Å²) < 4.78 is 0. The van der Waals surface area contributed by atoms with E-state index in [9.17, 15) is 9.59 Å². The van der Waals surface area contributed by atoms with Crippen molar-refractivity contribution >= 4 is 35.6 Å². The van der Waals surface area contributed by atoms with Crippen molar-refractivity contribution in [3.05, 3.63) is 23.8 Å². The Balaban J connectivity index is 0.00000200.